The number of aromatic nitrogens is 2. The Kier molecular flexibility index (Phi) is 6.26. The zero-order valence-electron chi connectivity index (χ0n) is 17.4. The first-order valence-corrected chi connectivity index (χ1v) is 9.97. The van der Waals surface area contributed by atoms with Gasteiger partial charge in [-0.2, -0.15) is 18.3 Å². The second-order valence-electron chi connectivity index (χ2n) is 7.20. The van der Waals surface area contributed by atoms with Gasteiger partial charge in [0.1, 0.15) is 5.82 Å². The number of para-hydroxylation sites is 2. The first-order valence-electron chi connectivity index (χ1n) is 9.97. The molecule has 0 aliphatic carbocycles. The maximum atomic E-state index is 13.1. The first kappa shape index (κ1) is 22.9. The molecule has 11 heteroatoms. The smallest absolute Gasteiger partial charge is 0.422 e. The fourth-order valence-corrected chi connectivity index (χ4v) is 3.22. The summed E-state index contributed by atoms with van der Waals surface area (Å²) in [4.78, 5) is 25.8. The van der Waals surface area contributed by atoms with E-state index >= 15 is 0 Å². The highest BCUT2D eigenvalue weighted by Crippen LogP contribution is 2.30. The molecule has 0 saturated heterocycles. The third-order valence-electron chi connectivity index (χ3n) is 4.77. The molecule has 0 saturated carbocycles. The number of halogens is 4. The molecule has 1 N–H and O–H groups in total. The van der Waals surface area contributed by atoms with Crippen molar-refractivity contribution < 1.29 is 36.5 Å². The number of hydrogen-bond acceptors (Lipinski definition) is 4. The van der Waals surface area contributed by atoms with Gasteiger partial charge in [-0.3, -0.25) is 4.79 Å². The van der Waals surface area contributed by atoms with Crippen molar-refractivity contribution in [2.45, 2.75) is 6.18 Å². The van der Waals surface area contributed by atoms with Crippen molar-refractivity contribution >= 4 is 29.5 Å². The van der Waals surface area contributed by atoms with Gasteiger partial charge < -0.3 is 10.1 Å². The van der Waals surface area contributed by atoms with Crippen LogP contribution in [0.2, 0.25) is 0 Å². The van der Waals surface area contributed by atoms with Crippen molar-refractivity contribution in [1.29, 1.82) is 0 Å². The van der Waals surface area contributed by atoms with Crippen LogP contribution in [0.15, 0.2) is 72.9 Å². The van der Waals surface area contributed by atoms with Crippen LogP contribution < -0.4 is 10.1 Å². The molecular weight excluding hydrogens is 456 g/mol. The van der Waals surface area contributed by atoms with Crippen molar-refractivity contribution in [3.05, 3.63) is 78.8 Å². The van der Waals surface area contributed by atoms with Crippen LogP contribution in [0.25, 0.3) is 5.69 Å². The lowest BCUT2D eigenvalue weighted by molar-refractivity contribution is -0.366. The van der Waals surface area contributed by atoms with Crippen LogP contribution >= 0.6 is 0 Å². The summed E-state index contributed by atoms with van der Waals surface area (Å²) in [5.41, 5.74) is 0.631. The molecule has 2 aromatic carbocycles. The van der Waals surface area contributed by atoms with E-state index in [0.717, 1.165) is 4.58 Å². The van der Waals surface area contributed by atoms with Crippen LogP contribution in [0.4, 0.5) is 29.1 Å². The number of anilines is 1. The monoisotopic (exact) mass is 473 g/mol. The molecule has 2 heterocycles. The zero-order chi connectivity index (χ0) is 24.3. The van der Waals surface area contributed by atoms with Crippen molar-refractivity contribution in [3.8, 4) is 11.4 Å². The first-order chi connectivity index (χ1) is 16.2. The number of nitrogens with one attached hydrogen (secondary N) is 1. The Bertz CT molecular complexity index is 1280. The molecule has 34 heavy (non-hydrogen) atoms. The molecule has 1 aromatic heterocycles. The lowest BCUT2D eigenvalue weighted by atomic mass is 10.0. The average Bonchev–Trinajstić information content (AvgIpc) is 3.26. The van der Waals surface area contributed by atoms with Crippen molar-refractivity contribution in [2.75, 3.05) is 11.9 Å². The van der Waals surface area contributed by atoms with E-state index in [1.54, 1.807) is 6.20 Å². The minimum atomic E-state index is -4.55. The van der Waals surface area contributed by atoms with E-state index in [0.29, 0.717) is 5.69 Å². The van der Waals surface area contributed by atoms with E-state index in [1.807, 2.05) is 0 Å². The van der Waals surface area contributed by atoms with E-state index < -0.39 is 36.3 Å². The highest BCUT2D eigenvalue weighted by molar-refractivity contribution is 6.08. The number of alkyl halides is 3. The topological polar surface area (TPSA) is 76.2 Å². The SMILES string of the molecule is O=C(Nc1ccn(-c2ccc(F)cc2)n1)C1C=CC=[N+](c2ccccc2OCC(F)(F)F)C1=O. The Morgan fingerprint density at radius 1 is 1.12 bits per heavy atom. The quantitative estimate of drug-likeness (QED) is 0.333. The predicted octanol–water partition coefficient (Wildman–Crippen LogP) is 4.02. The van der Waals surface area contributed by atoms with E-state index in [1.165, 1.54) is 77.6 Å². The van der Waals surface area contributed by atoms with Gasteiger partial charge in [0.05, 0.1) is 5.69 Å². The summed E-state index contributed by atoms with van der Waals surface area (Å²) >= 11 is 0. The molecule has 0 bridgehead atoms. The molecule has 3 aromatic rings. The second kappa shape index (κ2) is 9.30. The fraction of sp³-hybridized carbons (Fsp3) is 0.130. The van der Waals surface area contributed by atoms with Crippen LogP contribution in [0.5, 0.6) is 5.75 Å². The van der Waals surface area contributed by atoms with Gasteiger partial charge >= 0.3 is 12.1 Å². The summed E-state index contributed by atoms with van der Waals surface area (Å²) in [5.74, 6) is -3.02. The zero-order valence-corrected chi connectivity index (χ0v) is 17.4. The number of carbonyl (C=O) groups is 2. The standard InChI is InChI=1S/C23H16F4N4O3/c24-15-7-9-16(10-8-15)31-13-11-20(29-31)28-21(32)17-4-3-12-30(22(17)33)18-5-1-2-6-19(18)34-14-23(25,26)27/h1-13,17H,14H2/p+1. The van der Waals surface area contributed by atoms with Crippen molar-refractivity contribution in [3.63, 3.8) is 0 Å². The Balaban J connectivity index is 1.49. The third kappa shape index (κ3) is 5.20. The van der Waals surface area contributed by atoms with Crippen LogP contribution in [0, 0.1) is 11.7 Å². The molecule has 4 rings (SSSR count). The summed E-state index contributed by atoms with van der Waals surface area (Å²) in [6.45, 7) is -1.53. The molecule has 1 aliphatic heterocycles. The van der Waals surface area contributed by atoms with Gasteiger partial charge in [0.25, 0.3) is 5.69 Å². The number of amides is 2. The molecule has 0 spiro atoms. The molecular formula is C23H17F4N4O3+. The number of carbonyl (C=O) groups excluding carboxylic acids is 2. The van der Waals surface area contributed by atoms with Crippen LogP contribution in [-0.4, -0.2) is 45.2 Å². The van der Waals surface area contributed by atoms with Gasteiger partial charge in [0.2, 0.25) is 5.91 Å². The van der Waals surface area contributed by atoms with Gasteiger partial charge in [-0.25, -0.2) is 13.9 Å². The maximum absolute atomic E-state index is 13.1. The minimum absolute atomic E-state index is 0.0690. The van der Waals surface area contributed by atoms with Crippen molar-refractivity contribution in [1.82, 2.24) is 9.78 Å². The lowest BCUT2D eigenvalue weighted by Crippen LogP contribution is -2.36. The number of rotatable bonds is 6. The average molecular weight is 473 g/mol. The van der Waals surface area contributed by atoms with Crippen LogP contribution in [0.3, 0.4) is 0 Å². The maximum Gasteiger partial charge on any atom is 0.422 e. The molecule has 0 fully saturated rings. The highest BCUT2D eigenvalue weighted by atomic mass is 19.4. The van der Waals surface area contributed by atoms with E-state index in [4.69, 9.17) is 4.74 Å². The molecule has 1 atom stereocenters. The molecule has 7 nitrogen and oxygen atoms in total. The van der Waals surface area contributed by atoms with Crippen LogP contribution in [-0.2, 0) is 9.59 Å². The van der Waals surface area contributed by atoms with Crippen LogP contribution in [0.1, 0.15) is 0 Å². The summed E-state index contributed by atoms with van der Waals surface area (Å²) in [6, 6.07) is 12.8. The van der Waals surface area contributed by atoms with E-state index in [9.17, 15) is 27.2 Å². The third-order valence-corrected chi connectivity index (χ3v) is 4.77. The highest BCUT2D eigenvalue weighted by Gasteiger charge is 2.38. The number of allylic oxidation sites excluding steroid dienone is 1. The lowest BCUT2D eigenvalue weighted by Gasteiger charge is -2.14. The summed E-state index contributed by atoms with van der Waals surface area (Å²) < 4.78 is 58.2. The second-order valence-corrected chi connectivity index (χ2v) is 7.20. The van der Waals surface area contributed by atoms with E-state index in [-0.39, 0.29) is 17.3 Å². The molecule has 1 aliphatic rings. The molecule has 1 unspecified atom stereocenters. The molecule has 0 radical (unpaired) electrons. The number of benzene rings is 2. The van der Waals surface area contributed by atoms with Gasteiger partial charge in [0.15, 0.2) is 30.3 Å². The number of hydrogen-bond donors (Lipinski definition) is 1. The normalized spacial score (nSPS) is 15.7. The molecule has 2 amide bonds. The minimum Gasteiger partial charge on any atom is -0.477 e. The Hall–Kier alpha value is -4.28. The molecule has 174 valence electrons. The largest absolute Gasteiger partial charge is 0.477 e. The van der Waals surface area contributed by atoms with Gasteiger partial charge in [-0.05, 0) is 36.4 Å². The summed E-state index contributed by atoms with van der Waals surface area (Å²) in [5, 5.41) is 6.73. The Morgan fingerprint density at radius 2 is 1.85 bits per heavy atom. The van der Waals surface area contributed by atoms with E-state index in [2.05, 4.69) is 10.4 Å². The van der Waals surface area contributed by atoms with Gasteiger partial charge in [-0.1, -0.05) is 18.2 Å². The van der Waals surface area contributed by atoms with Gasteiger partial charge in [0, 0.05) is 18.3 Å². The summed E-state index contributed by atoms with van der Waals surface area (Å²) in [7, 11) is 0. The predicted molar refractivity (Wildman–Crippen MR) is 114 cm³/mol. The Morgan fingerprint density at radius 3 is 2.59 bits per heavy atom. The van der Waals surface area contributed by atoms with Gasteiger partial charge in [-0.15, -0.1) is 4.58 Å². The number of ether oxygens (including phenoxy) is 1. The summed E-state index contributed by atoms with van der Waals surface area (Å²) in [6.07, 6.45) is 1.15. The van der Waals surface area contributed by atoms with Crippen molar-refractivity contribution in [2.24, 2.45) is 5.92 Å². The Labute approximate surface area is 190 Å². The fourth-order valence-electron chi connectivity index (χ4n) is 3.22. The number of nitrogens with zero attached hydrogens (tertiary/aromatic N) is 3.